The Kier molecular flexibility index (Phi) is 4.33. The molecule has 5 nitrogen and oxygen atoms in total. The third-order valence-corrected chi connectivity index (χ3v) is 3.94. The van der Waals surface area contributed by atoms with Crippen molar-refractivity contribution in [3.63, 3.8) is 0 Å². The van der Waals surface area contributed by atoms with Crippen molar-refractivity contribution >= 4 is 23.2 Å². The zero-order chi connectivity index (χ0) is 13.0. The Morgan fingerprint density at radius 3 is 2.89 bits per heavy atom. The van der Waals surface area contributed by atoms with Crippen molar-refractivity contribution in [3.05, 3.63) is 22.4 Å². The quantitative estimate of drug-likeness (QED) is 0.771. The Hall–Kier alpha value is -1.40. The van der Waals surface area contributed by atoms with E-state index in [1.807, 2.05) is 17.5 Å². The molecule has 18 heavy (non-hydrogen) atoms. The van der Waals surface area contributed by atoms with Crippen LogP contribution in [0.2, 0.25) is 0 Å². The molecule has 1 amide bonds. The summed E-state index contributed by atoms with van der Waals surface area (Å²) < 4.78 is 4.66. The largest absolute Gasteiger partial charge is 0.469 e. The number of amides is 1. The molecule has 1 atom stereocenters. The van der Waals surface area contributed by atoms with Gasteiger partial charge in [-0.2, -0.15) is 0 Å². The van der Waals surface area contributed by atoms with Crippen LogP contribution in [0, 0.1) is 5.92 Å². The molecule has 2 heterocycles. The van der Waals surface area contributed by atoms with E-state index in [4.69, 9.17) is 0 Å². The lowest BCUT2D eigenvalue weighted by Crippen LogP contribution is -2.51. The van der Waals surface area contributed by atoms with E-state index in [1.54, 1.807) is 0 Å². The van der Waals surface area contributed by atoms with Crippen molar-refractivity contribution in [1.82, 2.24) is 10.6 Å². The highest BCUT2D eigenvalue weighted by Gasteiger charge is 2.28. The van der Waals surface area contributed by atoms with Crippen LogP contribution >= 0.6 is 11.3 Å². The van der Waals surface area contributed by atoms with Crippen LogP contribution in [0.25, 0.3) is 0 Å². The minimum absolute atomic E-state index is 0.00365. The van der Waals surface area contributed by atoms with Gasteiger partial charge in [0.05, 0.1) is 25.5 Å². The zero-order valence-corrected chi connectivity index (χ0v) is 11.0. The highest BCUT2D eigenvalue weighted by atomic mass is 32.1. The second kappa shape index (κ2) is 5.97. The number of hydrogen-bond donors (Lipinski definition) is 2. The summed E-state index contributed by atoms with van der Waals surface area (Å²) in [6.45, 7) is 1.42. The molecule has 98 valence electrons. The molecular weight excluding hydrogens is 252 g/mol. The summed E-state index contributed by atoms with van der Waals surface area (Å²) in [5, 5.41) is 7.90. The van der Waals surface area contributed by atoms with Crippen molar-refractivity contribution in [2.75, 3.05) is 20.2 Å². The first kappa shape index (κ1) is 13.0. The van der Waals surface area contributed by atoms with Crippen molar-refractivity contribution < 1.29 is 14.3 Å². The topological polar surface area (TPSA) is 67.4 Å². The summed E-state index contributed by atoms with van der Waals surface area (Å²) in [4.78, 5) is 24.2. The molecule has 0 aromatic carbocycles. The van der Waals surface area contributed by atoms with Gasteiger partial charge >= 0.3 is 5.97 Å². The van der Waals surface area contributed by atoms with Gasteiger partial charge < -0.3 is 15.4 Å². The van der Waals surface area contributed by atoms with Gasteiger partial charge in [0.15, 0.2) is 0 Å². The van der Waals surface area contributed by atoms with E-state index in [1.165, 1.54) is 18.4 Å². The van der Waals surface area contributed by atoms with Gasteiger partial charge in [-0.15, -0.1) is 11.3 Å². The van der Waals surface area contributed by atoms with Crippen molar-refractivity contribution in [2.45, 2.75) is 12.5 Å². The maximum atomic E-state index is 11.9. The van der Waals surface area contributed by atoms with Gasteiger partial charge in [0.2, 0.25) is 5.91 Å². The lowest BCUT2D eigenvalue weighted by molar-refractivity contribution is -0.141. The fourth-order valence-corrected chi connectivity index (χ4v) is 2.50. The van der Waals surface area contributed by atoms with E-state index in [0.29, 0.717) is 13.1 Å². The Balaban J connectivity index is 1.99. The molecule has 0 radical (unpaired) electrons. The molecule has 1 aromatic heterocycles. The van der Waals surface area contributed by atoms with E-state index >= 15 is 0 Å². The van der Waals surface area contributed by atoms with Crippen molar-refractivity contribution in [3.8, 4) is 0 Å². The first-order valence-corrected chi connectivity index (χ1v) is 6.70. The second-order valence-electron chi connectivity index (χ2n) is 4.21. The molecular formula is C12H16N2O3S. The van der Waals surface area contributed by atoms with Gasteiger partial charge in [-0.1, -0.05) is 6.07 Å². The summed E-state index contributed by atoms with van der Waals surface area (Å²) in [5.41, 5.74) is 0. The Labute approximate surface area is 110 Å². The summed E-state index contributed by atoms with van der Waals surface area (Å²) in [7, 11) is 1.35. The fraction of sp³-hybridized carbons (Fsp3) is 0.500. The van der Waals surface area contributed by atoms with Gasteiger partial charge in [0.25, 0.3) is 0 Å². The molecule has 1 saturated heterocycles. The smallest absolute Gasteiger partial charge is 0.307 e. The van der Waals surface area contributed by atoms with Gasteiger partial charge in [-0.05, 0) is 11.4 Å². The highest BCUT2D eigenvalue weighted by Crippen LogP contribution is 2.23. The lowest BCUT2D eigenvalue weighted by Gasteiger charge is -2.28. The number of rotatable bonds is 5. The summed E-state index contributed by atoms with van der Waals surface area (Å²) in [6, 6.07) is 3.53. The van der Waals surface area contributed by atoms with E-state index < -0.39 is 0 Å². The van der Waals surface area contributed by atoms with Crippen LogP contribution in [0.4, 0.5) is 0 Å². The van der Waals surface area contributed by atoms with E-state index in [-0.39, 0.29) is 30.3 Å². The maximum absolute atomic E-state index is 11.9. The third-order valence-electron chi connectivity index (χ3n) is 2.95. The zero-order valence-electron chi connectivity index (χ0n) is 10.1. The molecule has 2 N–H and O–H groups in total. The van der Waals surface area contributed by atoms with Gasteiger partial charge in [0.1, 0.15) is 0 Å². The number of nitrogens with one attached hydrogen (secondary N) is 2. The number of thiophene rings is 1. The van der Waals surface area contributed by atoms with Crippen LogP contribution in [0.5, 0.6) is 0 Å². The molecule has 2 rings (SSSR count). The molecule has 6 heteroatoms. The monoisotopic (exact) mass is 268 g/mol. The summed E-state index contributed by atoms with van der Waals surface area (Å²) >= 11 is 1.52. The number of methoxy groups -OCH3 is 1. The Morgan fingerprint density at radius 2 is 2.39 bits per heavy atom. The van der Waals surface area contributed by atoms with E-state index in [9.17, 15) is 9.59 Å². The first-order chi connectivity index (χ1) is 8.70. The minimum Gasteiger partial charge on any atom is -0.469 e. The molecule has 1 fully saturated rings. The molecule has 0 saturated carbocycles. The fourth-order valence-electron chi connectivity index (χ4n) is 1.73. The summed E-state index contributed by atoms with van der Waals surface area (Å²) in [6.07, 6.45) is 0.170. The third kappa shape index (κ3) is 3.08. The molecule has 0 aliphatic carbocycles. The molecule has 0 bridgehead atoms. The van der Waals surface area contributed by atoms with Crippen molar-refractivity contribution in [2.24, 2.45) is 5.92 Å². The Bertz CT molecular complexity index is 415. The van der Waals surface area contributed by atoms with Crippen LogP contribution in [-0.2, 0) is 14.3 Å². The lowest BCUT2D eigenvalue weighted by atomic mass is 10.0. The van der Waals surface area contributed by atoms with E-state index in [2.05, 4.69) is 15.4 Å². The van der Waals surface area contributed by atoms with Gasteiger partial charge in [-0.3, -0.25) is 9.59 Å². The van der Waals surface area contributed by atoms with Crippen LogP contribution in [0.3, 0.4) is 0 Å². The summed E-state index contributed by atoms with van der Waals surface area (Å²) in [5.74, 6) is -0.304. The van der Waals surface area contributed by atoms with E-state index in [0.717, 1.165) is 4.88 Å². The number of carbonyl (C=O) groups is 2. The van der Waals surface area contributed by atoms with Crippen LogP contribution < -0.4 is 10.6 Å². The average molecular weight is 268 g/mol. The average Bonchev–Trinajstić information content (AvgIpc) is 2.78. The number of ether oxygens (including phenoxy) is 1. The minimum atomic E-state index is -0.319. The number of carbonyl (C=O) groups excluding carboxylic acids is 2. The van der Waals surface area contributed by atoms with Gasteiger partial charge in [0, 0.05) is 18.0 Å². The number of hydrogen-bond acceptors (Lipinski definition) is 5. The normalized spacial score (nSPS) is 16.7. The second-order valence-corrected chi connectivity index (χ2v) is 5.19. The first-order valence-electron chi connectivity index (χ1n) is 5.82. The predicted octanol–water partition coefficient (Wildman–Crippen LogP) is 0.688. The van der Waals surface area contributed by atoms with Gasteiger partial charge in [-0.25, -0.2) is 0 Å². The molecule has 1 aromatic rings. The standard InChI is InChI=1S/C12H16N2O3S/c1-17-11(15)5-9(10-3-2-4-18-10)14-12(16)8-6-13-7-8/h2-4,8-9,13H,5-7H2,1H3,(H,14,16). The molecule has 1 aliphatic heterocycles. The highest BCUT2D eigenvalue weighted by molar-refractivity contribution is 7.10. The van der Waals surface area contributed by atoms with Crippen LogP contribution in [-0.4, -0.2) is 32.1 Å². The SMILES string of the molecule is COC(=O)CC(NC(=O)C1CNC1)c1cccs1. The molecule has 1 unspecified atom stereocenters. The number of esters is 1. The van der Waals surface area contributed by atoms with Crippen LogP contribution in [0.1, 0.15) is 17.3 Å². The Morgan fingerprint density at radius 1 is 1.61 bits per heavy atom. The molecule has 1 aliphatic rings. The van der Waals surface area contributed by atoms with Crippen molar-refractivity contribution in [1.29, 1.82) is 0 Å². The predicted molar refractivity (Wildman–Crippen MR) is 68.2 cm³/mol. The van der Waals surface area contributed by atoms with Crippen LogP contribution in [0.15, 0.2) is 17.5 Å². The maximum Gasteiger partial charge on any atom is 0.307 e. The molecule has 0 spiro atoms.